The van der Waals surface area contributed by atoms with Crippen LogP contribution >= 0.6 is 0 Å². The molecule has 3 N–H and O–H groups in total. The number of aromatic nitrogens is 1. The van der Waals surface area contributed by atoms with Crippen molar-refractivity contribution in [3.63, 3.8) is 0 Å². The fourth-order valence-electron chi connectivity index (χ4n) is 2.52. The predicted molar refractivity (Wildman–Crippen MR) is 83.8 cm³/mol. The Labute approximate surface area is 130 Å². The van der Waals surface area contributed by atoms with E-state index in [1.165, 1.54) is 11.1 Å². The minimum atomic E-state index is -0.452. The van der Waals surface area contributed by atoms with Crippen LogP contribution < -0.4 is 5.48 Å². The molecule has 0 bridgehead atoms. The van der Waals surface area contributed by atoms with Gasteiger partial charge in [-0.05, 0) is 43.4 Å². The van der Waals surface area contributed by atoms with Crippen LogP contribution in [0.2, 0.25) is 0 Å². The Kier molecular flexibility index (Phi) is 5.61. The quantitative estimate of drug-likeness (QED) is 0.543. The van der Waals surface area contributed by atoms with Crippen molar-refractivity contribution in [1.82, 2.24) is 10.0 Å². The molecule has 0 saturated carbocycles. The predicted octanol–water partition coefficient (Wildman–Crippen LogP) is 2.57. The molecule has 2 rings (SSSR count). The molecule has 0 fully saturated rings. The average Bonchev–Trinajstić information content (AvgIpc) is 2.87. The number of hydrogen-bond acceptors (Lipinski definition) is 3. The van der Waals surface area contributed by atoms with Crippen LogP contribution in [-0.4, -0.2) is 20.8 Å². The first-order valence-corrected chi connectivity index (χ1v) is 7.46. The highest BCUT2D eigenvalue weighted by atomic mass is 16.5. The molecule has 1 aromatic heterocycles. The lowest BCUT2D eigenvalue weighted by Crippen LogP contribution is -2.18. The summed E-state index contributed by atoms with van der Waals surface area (Å²) in [6.45, 7) is 2.83. The van der Waals surface area contributed by atoms with Gasteiger partial charge < -0.3 is 9.67 Å². The van der Waals surface area contributed by atoms with Gasteiger partial charge in [-0.3, -0.25) is 10.0 Å². The maximum atomic E-state index is 11.0. The molecule has 5 heteroatoms. The van der Waals surface area contributed by atoms with Gasteiger partial charge >= 0.3 is 0 Å². The van der Waals surface area contributed by atoms with Crippen molar-refractivity contribution >= 4 is 5.91 Å². The summed E-state index contributed by atoms with van der Waals surface area (Å²) in [5.41, 5.74) is 4.93. The van der Waals surface area contributed by atoms with Gasteiger partial charge in [0, 0.05) is 24.7 Å². The van der Waals surface area contributed by atoms with E-state index in [9.17, 15) is 9.90 Å². The molecule has 0 radical (unpaired) electrons. The number of nitrogens with zero attached hydrogens (tertiary/aromatic N) is 1. The van der Waals surface area contributed by atoms with E-state index in [0.29, 0.717) is 6.42 Å². The van der Waals surface area contributed by atoms with Crippen molar-refractivity contribution in [2.24, 2.45) is 0 Å². The SMILES string of the molecule is Cc1ccccc1CCCn1ccc(CCC(=O)NO)c1O. The van der Waals surface area contributed by atoms with E-state index >= 15 is 0 Å². The lowest BCUT2D eigenvalue weighted by atomic mass is 10.0. The smallest absolute Gasteiger partial charge is 0.243 e. The van der Waals surface area contributed by atoms with Crippen molar-refractivity contribution in [3.8, 4) is 5.88 Å². The summed E-state index contributed by atoms with van der Waals surface area (Å²) in [5.74, 6) is -0.248. The second-order valence-electron chi connectivity index (χ2n) is 5.42. The number of carbonyl (C=O) groups excluding carboxylic acids is 1. The van der Waals surface area contributed by atoms with Gasteiger partial charge in [0.25, 0.3) is 0 Å². The molecule has 0 aliphatic rings. The normalized spacial score (nSPS) is 10.6. The van der Waals surface area contributed by atoms with Crippen molar-refractivity contribution in [2.75, 3.05) is 0 Å². The molecule has 5 nitrogen and oxygen atoms in total. The van der Waals surface area contributed by atoms with Crippen LogP contribution in [0.4, 0.5) is 0 Å². The number of aryl methyl sites for hydroxylation is 4. The second-order valence-corrected chi connectivity index (χ2v) is 5.42. The van der Waals surface area contributed by atoms with Crippen LogP contribution in [0, 0.1) is 6.92 Å². The van der Waals surface area contributed by atoms with Crippen molar-refractivity contribution in [1.29, 1.82) is 0 Å². The molecule has 0 spiro atoms. The van der Waals surface area contributed by atoms with Gasteiger partial charge in [-0.25, -0.2) is 5.48 Å². The molecule has 0 aliphatic carbocycles. The Balaban J connectivity index is 1.87. The van der Waals surface area contributed by atoms with Gasteiger partial charge in [-0.2, -0.15) is 0 Å². The molecule has 0 unspecified atom stereocenters. The first-order valence-electron chi connectivity index (χ1n) is 7.46. The van der Waals surface area contributed by atoms with Gasteiger partial charge in [0.2, 0.25) is 5.91 Å². The van der Waals surface area contributed by atoms with Gasteiger partial charge in [-0.15, -0.1) is 0 Å². The Hall–Kier alpha value is -2.27. The molecule has 1 aromatic carbocycles. The third kappa shape index (κ3) is 4.11. The van der Waals surface area contributed by atoms with Gasteiger partial charge in [0.05, 0.1) is 0 Å². The minimum absolute atomic E-state index is 0.150. The molecular weight excluding hydrogens is 280 g/mol. The van der Waals surface area contributed by atoms with Gasteiger partial charge in [-0.1, -0.05) is 24.3 Å². The number of hydroxylamine groups is 1. The third-order valence-electron chi connectivity index (χ3n) is 3.87. The first kappa shape index (κ1) is 16.1. The zero-order valence-electron chi connectivity index (χ0n) is 12.7. The number of rotatable bonds is 7. The molecule has 0 atom stereocenters. The summed E-state index contributed by atoms with van der Waals surface area (Å²) in [5, 5.41) is 18.6. The zero-order valence-corrected chi connectivity index (χ0v) is 12.7. The van der Waals surface area contributed by atoms with E-state index < -0.39 is 5.91 Å². The Morgan fingerprint density at radius 3 is 2.68 bits per heavy atom. The maximum Gasteiger partial charge on any atom is 0.243 e. The monoisotopic (exact) mass is 302 g/mol. The van der Waals surface area contributed by atoms with E-state index in [4.69, 9.17) is 5.21 Å². The lowest BCUT2D eigenvalue weighted by Gasteiger charge is -2.08. The fourth-order valence-corrected chi connectivity index (χ4v) is 2.52. The standard InChI is InChI=1S/C17H22N2O3/c1-13-5-2-3-6-14(13)7-4-11-19-12-10-15(17(19)21)8-9-16(20)18-22/h2-3,5-6,10,12,21-22H,4,7-9,11H2,1H3,(H,18,20). The Morgan fingerprint density at radius 2 is 1.95 bits per heavy atom. The molecule has 22 heavy (non-hydrogen) atoms. The molecule has 2 aromatic rings. The number of nitrogens with one attached hydrogen (secondary N) is 1. The van der Waals surface area contributed by atoms with Crippen LogP contribution in [0.25, 0.3) is 0 Å². The summed E-state index contributed by atoms with van der Waals surface area (Å²) in [7, 11) is 0. The number of carbonyl (C=O) groups is 1. The summed E-state index contributed by atoms with van der Waals surface area (Å²) in [6, 6.07) is 10.1. The molecule has 0 aliphatic heterocycles. The molecule has 1 amide bonds. The number of benzene rings is 1. The molecule has 0 saturated heterocycles. The average molecular weight is 302 g/mol. The number of amides is 1. The second kappa shape index (κ2) is 7.66. The van der Waals surface area contributed by atoms with E-state index in [1.54, 1.807) is 10.0 Å². The van der Waals surface area contributed by atoms with Crippen molar-refractivity contribution in [2.45, 2.75) is 39.2 Å². The summed E-state index contributed by atoms with van der Waals surface area (Å²) >= 11 is 0. The van der Waals surface area contributed by atoms with Crippen LogP contribution in [0.15, 0.2) is 36.5 Å². The number of aromatic hydroxyl groups is 1. The summed E-state index contributed by atoms with van der Waals surface area (Å²) in [6.07, 6.45) is 4.29. The van der Waals surface area contributed by atoms with Crippen LogP contribution in [0.3, 0.4) is 0 Å². The first-order chi connectivity index (χ1) is 10.6. The van der Waals surface area contributed by atoms with E-state index in [2.05, 4.69) is 19.1 Å². The fraction of sp³-hybridized carbons (Fsp3) is 0.353. The highest BCUT2D eigenvalue weighted by molar-refractivity contribution is 5.74. The minimum Gasteiger partial charge on any atom is -0.494 e. The zero-order chi connectivity index (χ0) is 15.9. The number of hydrogen-bond donors (Lipinski definition) is 3. The van der Waals surface area contributed by atoms with Crippen molar-refractivity contribution in [3.05, 3.63) is 53.2 Å². The topological polar surface area (TPSA) is 74.5 Å². The Morgan fingerprint density at radius 1 is 1.18 bits per heavy atom. The van der Waals surface area contributed by atoms with Crippen LogP contribution in [-0.2, 0) is 24.2 Å². The third-order valence-corrected chi connectivity index (χ3v) is 3.87. The van der Waals surface area contributed by atoms with Crippen LogP contribution in [0.1, 0.15) is 29.5 Å². The summed E-state index contributed by atoms with van der Waals surface area (Å²) in [4.78, 5) is 11.0. The van der Waals surface area contributed by atoms with Gasteiger partial charge in [0.1, 0.15) is 0 Å². The maximum absolute atomic E-state index is 11.0. The van der Waals surface area contributed by atoms with Crippen LogP contribution in [0.5, 0.6) is 5.88 Å². The van der Waals surface area contributed by atoms with Crippen molar-refractivity contribution < 1.29 is 15.1 Å². The lowest BCUT2D eigenvalue weighted by molar-refractivity contribution is -0.129. The van der Waals surface area contributed by atoms with E-state index in [0.717, 1.165) is 24.9 Å². The Bertz CT molecular complexity index is 635. The molecular formula is C17H22N2O3. The van der Waals surface area contributed by atoms with E-state index in [1.807, 2.05) is 24.4 Å². The van der Waals surface area contributed by atoms with Gasteiger partial charge in [0.15, 0.2) is 5.88 Å². The largest absolute Gasteiger partial charge is 0.494 e. The highest BCUT2D eigenvalue weighted by Crippen LogP contribution is 2.21. The molecule has 118 valence electrons. The van der Waals surface area contributed by atoms with E-state index in [-0.39, 0.29) is 12.3 Å². The molecule has 1 heterocycles. The highest BCUT2D eigenvalue weighted by Gasteiger charge is 2.09. The summed E-state index contributed by atoms with van der Waals surface area (Å²) < 4.78 is 1.80.